The molecule has 3 aliphatic carbocycles. The minimum atomic E-state index is -1.14. The fraction of sp³-hybridized carbons (Fsp3) is 0.793. The first-order valence-corrected chi connectivity index (χ1v) is 54.0. The smallest absolute Gasteiger partial charge is 0.220 e. The molecule has 0 aromatic rings. The quantitative estimate of drug-likeness (QED) is 0.109. The van der Waals surface area contributed by atoms with Crippen LogP contribution < -0.4 is 26.6 Å². The lowest BCUT2D eigenvalue weighted by Gasteiger charge is -2.37. The van der Waals surface area contributed by atoms with Crippen LogP contribution in [0.2, 0.25) is 0 Å². The maximum absolute atomic E-state index is 11.2. The van der Waals surface area contributed by atoms with Crippen LogP contribution in [0.4, 0.5) is 0 Å². The Bertz CT molecular complexity index is 4240. The standard InChI is InChI=1S/C12H20O2.C11H17NO.C11H16O3.C11H18O3.C11H18O.C10H17NO.C10H17N.C10H16.2C9H15NO.C9H15N.C8H12O/c1-9(2)5-6-12(13)7-10(3)14-11(4)8-12;1-9(2)6-7-11-5-4-8-12(11)10(3)13;1-8(2)3-5-11(12)7-14-10-9(11)4-6-13-10;1-9(2)5-6-11(12)7-13-10(3,4)14-8-11;1-10(2)5-8-11(9-12)6-3-4-7-11;1-9(2)4-6-10(12)5-3-7-11-8-10;1-9(2)5-6-10-4-3-7-11-8-10;1-9(2)7-8-10-5-3-4-6-10;1-8(2)3-4-9-7-10-5-6-11-9;1-8(2)3-4-9(11)5-6-10-7-9;1-8(2)3-4-9-5-6-10-7-9;1-7(2)3-4-8(9)5-6-8/h9-11,13H,7-8H2,1-4H3;9,11H,4-5,8H2,1-3H3;8-10,12H,4,6-7H2,1-2H3;9,12H,7-8H2,1-4H3;10,12H,3-4,6-7,9H2,1-2H3;9,11-12H,3,5,7-8H2,1-2H3;9-11H,3-4,7-8H2,1-2H3;9-10H,3-6H2,1-2H3;8-10H,5-7H2,1-2H3;8,10-11H,5-7H2,1-2H3;8-10H,5-7H2,1-2H3;7,9H,5-6H2,1-2H3/t;;9-,10-,11?;;;;;;;;;/m..1........./s1. The van der Waals surface area contributed by atoms with E-state index in [1.54, 1.807) is 6.92 Å². The van der Waals surface area contributed by atoms with Crippen molar-refractivity contribution in [3.05, 3.63) is 0 Å². The fourth-order valence-electron chi connectivity index (χ4n) is 15.5. The number of amides is 1. The molecule has 0 radical (unpaired) electrons. The number of hydrogen-bond acceptors (Lipinski definition) is 19. The molecular formula is C121H196N6O14. The zero-order valence-corrected chi connectivity index (χ0v) is 93.4. The molecule has 11 atom stereocenters. The van der Waals surface area contributed by atoms with Gasteiger partial charge in [0.2, 0.25) is 5.91 Å². The van der Waals surface area contributed by atoms with E-state index in [-0.39, 0.29) is 86.1 Å². The van der Waals surface area contributed by atoms with Crippen molar-refractivity contribution >= 4 is 5.91 Å². The first-order valence-electron chi connectivity index (χ1n) is 54.0. The minimum absolute atomic E-state index is 0.0359. The average molecular weight is 1960 g/mol. The zero-order valence-electron chi connectivity index (χ0n) is 93.4. The average Bonchev–Trinajstić information content (AvgIpc) is 1.51. The Kier molecular flexibility index (Phi) is 64.4. The van der Waals surface area contributed by atoms with Gasteiger partial charge in [-0.1, -0.05) is 316 Å². The Hall–Kier alpha value is -6.53. The highest BCUT2D eigenvalue weighted by atomic mass is 16.7. The number of aliphatic hydroxyl groups excluding tert-OH is 1. The first-order chi connectivity index (χ1) is 66.2. The monoisotopic (exact) mass is 1960 g/mol. The summed E-state index contributed by atoms with van der Waals surface area (Å²) < 4.78 is 32.3. The number of aliphatic hydroxyl groups is 7. The van der Waals surface area contributed by atoms with Gasteiger partial charge in [-0.15, -0.1) is 17.8 Å². The van der Waals surface area contributed by atoms with Gasteiger partial charge in [-0.05, 0) is 144 Å². The van der Waals surface area contributed by atoms with Crippen LogP contribution in [0.3, 0.4) is 0 Å². The highest BCUT2D eigenvalue weighted by molar-refractivity contribution is 5.74. The predicted molar refractivity (Wildman–Crippen MR) is 578 cm³/mol. The van der Waals surface area contributed by atoms with Gasteiger partial charge in [0.05, 0.1) is 69.2 Å². The molecule has 1 amide bonds. The molecule has 141 heavy (non-hydrogen) atoms. The number of carbonyl (C=O) groups excluding carboxylic acids is 1. The number of morpholine rings is 1. The van der Waals surface area contributed by atoms with E-state index >= 15 is 0 Å². The molecule has 0 aromatic heterocycles. The van der Waals surface area contributed by atoms with Crippen molar-refractivity contribution in [2.45, 2.75) is 406 Å². The van der Waals surface area contributed by atoms with E-state index in [1.807, 2.05) is 116 Å². The lowest BCUT2D eigenvalue weighted by atomic mass is 9.87. The molecular weight excluding hydrogens is 1760 g/mol. The van der Waals surface area contributed by atoms with Crippen LogP contribution in [0.15, 0.2) is 0 Å². The van der Waals surface area contributed by atoms with Crippen LogP contribution in [0.5, 0.6) is 0 Å². The van der Waals surface area contributed by atoms with E-state index < -0.39 is 39.4 Å². The molecule has 3 saturated carbocycles. The molecule has 13 rings (SSSR count). The lowest BCUT2D eigenvalue weighted by molar-refractivity contribution is -0.288. The molecule has 9 unspecified atom stereocenters. The normalized spacial score (nSPS) is 27.1. The van der Waals surface area contributed by atoms with Crippen LogP contribution in [-0.4, -0.2) is 228 Å². The molecule has 0 aromatic carbocycles. The Morgan fingerprint density at radius 2 is 0.780 bits per heavy atom. The minimum Gasteiger partial charge on any atom is -0.395 e. The third-order valence-corrected chi connectivity index (χ3v) is 23.5. The van der Waals surface area contributed by atoms with Gasteiger partial charge in [0.1, 0.15) is 28.5 Å². The van der Waals surface area contributed by atoms with Crippen molar-refractivity contribution in [1.82, 2.24) is 31.5 Å². The molecule has 10 saturated heterocycles. The fourth-order valence-corrected chi connectivity index (χ4v) is 15.5. The third kappa shape index (κ3) is 63.6. The van der Waals surface area contributed by atoms with Crippen LogP contribution in [0.1, 0.15) is 336 Å². The summed E-state index contributed by atoms with van der Waals surface area (Å²) in [5, 5.41) is 84.5. The van der Waals surface area contributed by atoms with Gasteiger partial charge in [-0.25, -0.2) is 0 Å². The molecule has 12 N–H and O–H groups in total. The van der Waals surface area contributed by atoms with E-state index in [0.717, 1.165) is 129 Å². The maximum Gasteiger partial charge on any atom is 0.220 e. The molecule has 10 aliphatic heterocycles. The second-order valence-corrected chi connectivity index (χ2v) is 44.4. The highest BCUT2D eigenvalue weighted by Gasteiger charge is 2.51. The van der Waals surface area contributed by atoms with Crippen molar-refractivity contribution in [3.8, 4) is 142 Å². The van der Waals surface area contributed by atoms with Gasteiger partial charge >= 0.3 is 0 Å². The molecule has 20 nitrogen and oxygen atoms in total. The summed E-state index contributed by atoms with van der Waals surface area (Å²) >= 11 is 0. The topological polar surface area (TPSA) is 277 Å². The Labute approximate surface area is 860 Å². The lowest BCUT2D eigenvalue weighted by Crippen LogP contribution is -2.50. The largest absolute Gasteiger partial charge is 0.395 e. The zero-order chi connectivity index (χ0) is 106. The van der Waals surface area contributed by atoms with E-state index in [1.165, 1.54) is 64.3 Å². The van der Waals surface area contributed by atoms with E-state index in [0.29, 0.717) is 104 Å². The summed E-state index contributed by atoms with van der Waals surface area (Å²) in [5.41, 5.74) is -5.08. The SMILES string of the molecule is CC(=O)N1CCCC1C#CC(C)C.CC(C)C#CC1(CO)CCCC1.CC(C)C#CC1(O)CC(C)OC(C)C1.CC(C)C#CC1(O)CC1.CC(C)C#CC1(O)CCCNC1.CC(C)C#CC1(O)CCNC1.CC(C)C#CC1(O)COC(C)(C)OC1.CC(C)C#CC1(O)CO[C@H]2OCC[C@H]21.CC(C)C#CC1CCCC1.CC(C)C#CC1CCCNC1.CC(C)C#CC1CCNC1.CC(C)C#CC1CNCCO1. The number of β-amino-alcohol motifs (C(OH)–C–C–N with tert-alkyl or cyclic N) is 2. The summed E-state index contributed by atoms with van der Waals surface area (Å²) in [7, 11) is 0. The second-order valence-electron chi connectivity index (χ2n) is 44.4. The van der Waals surface area contributed by atoms with Crippen LogP contribution in [0.25, 0.3) is 0 Å². The van der Waals surface area contributed by atoms with Crippen LogP contribution >= 0.6 is 0 Å². The number of carbonyl (C=O) groups is 1. The summed E-state index contributed by atoms with van der Waals surface area (Å²) in [6, 6.07) is 0.180. The predicted octanol–water partition coefficient (Wildman–Crippen LogP) is 16.4. The molecule has 13 fully saturated rings. The van der Waals surface area contributed by atoms with Gasteiger partial charge in [-0.3, -0.25) is 4.79 Å². The third-order valence-electron chi connectivity index (χ3n) is 23.5. The Morgan fingerprint density at radius 3 is 1.22 bits per heavy atom. The molecule has 20 heteroatoms. The number of rotatable bonds is 1. The maximum atomic E-state index is 11.2. The number of likely N-dealkylation sites (tertiary alicyclic amines) is 1. The van der Waals surface area contributed by atoms with Crippen molar-refractivity contribution in [1.29, 1.82) is 0 Å². The van der Waals surface area contributed by atoms with E-state index in [2.05, 4.69) is 252 Å². The Morgan fingerprint density at radius 1 is 0.362 bits per heavy atom. The summed E-state index contributed by atoms with van der Waals surface area (Å²) in [6.45, 7) is 71.5. The van der Waals surface area contributed by atoms with Crippen molar-refractivity contribution in [2.24, 2.45) is 100 Å². The number of piperidine rings is 2. The molecule has 13 aliphatic rings. The second kappa shape index (κ2) is 69.6. The summed E-state index contributed by atoms with van der Waals surface area (Å²) in [4.78, 5) is 13.0. The van der Waals surface area contributed by atoms with Crippen molar-refractivity contribution < 1.29 is 69.0 Å². The molecule has 794 valence electrons. The molecule has 10 heterocycles. The van der Waals surface area contributed by atoms with Crippen LogP contribution in [-0.2, 0) is 33.2 Å². The number of fused-ring (bicyclic) bond motifs is 1. The van der Waals surface area contributed by atoms with Crippen molar-refractivity contribution in [2.75, 3.05) is 112 Å². The van der Waals surface area contributed by atoms with Gasteiger partial charge in [0, 0.05) is 161 Å². The number of ether oxygens (including phenoxy) is 6. The van der Waals surface area contributed by atoms with Crippen molar-refractivity contribution in [3.63, 3.8) is 0 Å². The van der Waals surface area contributed by atoms with E-state index in [4.69, 9.17) is 28.4 Å². The molecule has 0 spiro atoms. The summed E-state index contributed by atoms with van der Waals surface area (Å²) in [6.07, 6.45) is 22.6. The van der Waals surface area contributed by atoms with Gasteiger partial charge < -0.3 is 95.7 Å². The first kappa shape index (κ1) is 131. The molecule has 0 bridgehead atoms. The number of hydrogen-bond donors (Lipinski definition) is 12. The van der Waals surface area contributed by atoms with Gasteiger partial charge in [0.15, 0.2) is 23.3 Å². The highest BCUT2D eigenvalue weighted by Crippen LogP contribution is 2.40. The van der Waals surface area contributed by atoms with Gasteiger partial charge in [-0.2, -0.15) is 0 Å². The Balaban J connectivity index is 0.000000521. The number of nitrogens with zero attached hydrogens (tertiary/aromatic N) is 1. The van der Waals surface area contributed by atoms with Crippen LogP contribution in [0, 0.1) is 242 Å². The van der Waals surface area contributed by atoms with Gasteiger partial charge in [0.25, 0.3) is 0 Å². The van der Waals surface area contributed by atoms with E-state index in [9.17, 15) is 40.5 Å². The summed E-state index contributed by atoms with van der Waals surface area (Å²) in [5.74, 6) is 80.1. The number of nitrogens with one attached hydrogen (secondary N) is 5.